The number of benzene rings is 1. The van der Waals surface area contributed by atoms with Crippen LogP contribution in [0.5, 0.6) is 0 Å². The number of carbonyl (C=O) groups excluding carboxylic acids is 1. The molecule has 2 aromatic heterocycles. The molecule has 7 heteroatoms. The smallest absolute Gasteiger partial charge is 0.253 e. The molecule has 1 aliphatic rings. The maximum Gasteiger partial charge on any atom is 0.253 e. The van der Waals surface area contributed by atoms with E-state index < -0.39 is 0 Å². The lowest BCUT2D eigenvalue weighted by Gasteiger charge is -2.22. The topological polar surface area (TPSA) is 75.1 Å². The highest BCUT2D eigenvalue weighted by molar-refractivity contribution is 5.97. The molecule has 1 amide bonds. The maximum absolute atomic E-state index is 13.0. The maximum atomic E-state index is 13.0. The zero-order chi connectivity index (χ0) is 19.3. The van der Waals surface area contributed by atoms with Gasteiger partial charge in [-0.1, -0.05) is 6.92 Å². The van der Waals surface area contributed by atoms with Gasteiger partial charge >= 0.3 is 0 Å². The summed E-state index contributed by atoms with van der Waals surface area (Å²) in [4.78, 5) is 34.7. The molecule has 7 nitrogen and oxygen atoms in total. The first-order chi connectivity index (χ1) is 13.7. The Labute approximate surface area is 164 Å². The van der Waals surface area contributed by atoms with Crippen molar-refractivity contribution in [1.82, 2.24) is 29.7 Å². The molecule has 0 N–H and O–H groups in total. The van der Waals surface area contributed by atoms with Gasteiger partial charge < -0.3 is 4.90 Å². The summed E-state index contributed by atoms with van der Waals surface area (Å²) >= 11 is 0. The largest absolute Gasteiger partial charge is 0.337 e. The van der Waals surface area contributed by atoms with E-state index in [2.05, 4.69) is 31.8 Å². The van der Waals surface area contributed by atoms with Gasteiger partial charge in [0.2, 0.25) is 0 Å². The number of nitrogens with zero attached hydrogens (tertiary/aromatic N) is 6. The van der Waals surface area contributed by atoms with Crippen molar-refractivity contribution in [2.45, 2.75) is 26.3 Å². The summed E-state index contributed by atoms with van der Waals surface area (Å²) in [5.41, 5.74) is 3.27. The SMILES string of the molecule is CCc1nccc(CN2CCCN(C(=O)c3ccc4nccnc4c3)CC2)n1. The monoisotopic (exact) mass is 376 g/mol. The molecule has 0 radical (unpaired) electrons. The molecule has 1 fully saturated rings. The van der Waals surface area contributed by atoms with Gasteiger partial charge in [0, 0.05) is 63.3 Å². The van der Waals surface area contributed by atoms with Gasteiger partial charge in [0.05, 0.1) is 16.7 Å². The summed E-state index contributed by atoms with van der Waals surface area (Å²) < 4.78 is 0. The van der Waals surface area contributed by atoms with Gasteiger partial charge in [-0.2, -0.15) is 0 Å². The fraction of sp³-hybridized carbons (Fsp3) is 0.381. The van der Waals surface area contributed by atoms with Crippen molar-refractivity contribution >= 4 is 16.9 Å². The number of aromatic nitrogens is 4. The quantitative estimate of drug-likeness (QED) is 0.696. The van der Waals surface area contributed by atoms with Crippen molar-refractivity contribution < 1.29 is 4.79 Å². The predicted molar refractivity (Wildman–Crippen MR) is 107 cm³/mol. The van der Waals surface area contributed by atoms with Crippen LogP contribution in [0.1, 0.15) is 35.2 Å². The highest BCUT2D eigenvalue weighted by Crippen LogP contribution is 2.15. The van der Waals surface area contributed by atoms with Gasteiger partial charge in [0.15, 0.2) is 0 Å². The van der Waals surface area contributed by atoms with E-state index in [1.807, 2.05) is 35.4 Å². The van der Waals surface area contributed by atoms with Crippen LogP contribution in [0.15, 0.2) is 42.9 Å². The average molecular weight is 376 g/mol. The number of hydrogen-bond acceptors (Lipinski definition) is 6. The second kappa shape index (κ2) is 8.39. The Hall–Kier alpha value is -2.93. The van der Waals surface area contributed by atoms with Crippen LogP contribution in [-0.4, -0.2) is 61.8 Å². The van der Waals surface area contributed by atoms with E-state index in [0.717, 1.165) is 61.6 Å². The van der Waals surface area contributed by atoms with Gasteiger partial charge in [0.1, 0.15) is 5.82 Å². The van der Waals surface area contributed by atoms with Crippen molar-refractivity contribution in [2.24, 2.45) is 0 Å². The molecule has 1 aromatic carbocycles. The Morgan fingerprint density at radius 3 is 2.68 bits per heavy atom. The highest BCUT2D eigenvalue weighted by Gasteiger charge is 2.21. The minimum atomic E-state index is 0.0599. The number of aryl methyl sites for hydroxylation is 1. The summed E-state index contributed by atoms with van der Waals surface area (Å²) in [6.07, 6.45) is 6.93. The Balaban J connectivity index is 1.41. The molecule has 3 aromatic rings. The molecule has 1 aliphatic heterocycles. The van der Waals surface area contributed by atoms with E-state index >= 15 is 0 Å². The molecule has 28 heavy (non-hydrogen) atoms. The van der Waals surface area contributed by atoms with Gasteiger partial charge in [-0.15, -0.1) is 0 Å². The normalized spacial score (nSPS) is 15.5. The molecule has 1 saturated heterocycles. The first kappa shape index (κ1) is 18.4. The van der Waals surface area contributed by atoms with Crippen LogP contribution in [0.2, 0.25) is 0 Å². The minimum absolute atomic E-state index is 0.0599. The number of rotatable bonds is 4. The van der Waals surface area contributed by atoms with Crippen molar-refractivity contribution in [1.29, 1.82) is 0 Å². The predicted octanol–water partition coefficient (Wildman–Crippen LogP) is 2.33. The van der Waals surface area contributed by atoms with Crippen molar-refractivity contribution in [2.75, 3.05) is 26.2 Å². The van der Waals surface area contributed by atoms with Crippen molar-refractivity contribution in [3.05, 3.63) is 59.9 Å². The van der Waals surface area contributed by atoms with E-state index in [0.29, 0.717) is 12.1 Å². The van der Waals surface area contributed by atoms with Gasteiger partial charge in [0.25, 0.3) is 5.91 Å². The Morgan fingerprint density at radius 1 is 0.964 bits per heavy atom. The van der Waals surface area contributed by atoms with Crippen LogP contribution >= 0.6 is 0 Å². The lowest BCUT2D eigenvalue weighted by molar-refractivity contribution is 0.0761. The Bertz CT molecular complexity index is 976. The second-order valence-electron chi connectivity index (χ2n) is 7.00. The minimum Gasteiger partial charge on any atom is -0.337 e. The first-order valence-corrected chi connectivity index (χ1v) is 9.76. The zero-order valence-electron chi connectivity index (χ0n) is 16.1. The number of fused-ring (bicyclic) bond motifs is 1. The zero-order valence-corrected chi connectivity index (χ0v) is 16.1. The molecular formula is C21H24N6O. The number of hydrogen-bond donors (Lipinski definition) is 0. The molecule has 4 rings (SSSR count). The van der Waals surface area contributed by atoms with Crippen LogP contribution in [0, 0.1) is 0 Å². The van der Waals surface area contributed by atoms with Crippen LogP contribution < -0.4 is 0 Å². The molecule has 0 spiro atoms. The lowest BCUT2D eigenvalue weighted by atomic mass is 10.1. The molecule has 0 aliphatic carbocycles. The Morgan fingerprint density at radius 2 is 1.82 bits per heavy atom. The molecule has 0 bridgehead atoms. The second-order valence-corrected chi connectivity index (χ2v) is 7.00. The molecule has 0 saturated carbocycles. The van der Waals surface area contributed by atoms with Crippen molar-refractivity contribution in [3.8, 4) is 0 Å². The van der Waals surface area contributed by atoms with E-state index in [1.54, 1.807) is 12.4 Å². The van der Waals surface area contributed by atoms with Crippen LogP contribution in [0.25, 0.3) is 11.0 Å². The number of carbonyl (C=O) groups is 1. The Kier molecular flexibility index (Phi) is 5.53. The average Bonchev–Trinajstić information content (AvgIpc) is 2.98. The molecule has 0 atom stereocenters. The standard InChI is InChI=1S/C21H24N6O/c1-2-20-24-7-6-17(25-20)15-26-10-3-11-27(13-12-26)21(28)16-4-5-18-19(14-16)23-9-8-22-18/h4-9,14H,2-3,10-13,15H2,1H3. The summed E-state index contributed by atoms with van der Waals surface area (Å²) in [6, 6.07) is 7.51. The van der Waals surface area contributed by atoms with E-state index in [-0.39, 0.29) is 5.91 Å². The summed E-state index contributed by atoms with van der Waals surface area (Å²) in [5, 5.41) is 0. The van der Waals surface area contributed by atoms with Crippen LogP contribution in [-0.2, 0) is 13.0 Å². The van der Waals surface area contributed by atoms with E-state index in [4.69, 9.17) is 0 Å². The molecule has 144 valence electrons. The third kappa shape index (κ3) is 4.14. The van der Waals surface area contributed by atoms with Crippen LogP contribution in [0.3, 0.4) is 0 Å². The highest BCUT2D eigenvalue weighted by atomic mass is 16.2. The lowest BCUT2D eigenvalue weighted by Crippen LogP contribution is -2.35. The summed E-state index contributed by atoms with van der Waals surface area (Å²) in [6.45, 7) is 6.12. The molecular weight excluding hydrogens is 352 g/mol. The van der Waals surface area contributed by atoms with Gasteiger partial charge in [-0.05, 0) is 30.7 Å². The first-order valence-electron chi connectivity index (χ1n) is 9.76. The third-order valence-electron chi connectivity index (χ3n) is 5.06. The third-order valence-corrected chi connectivity index (χ3v) is 5.06. The van der Waals surface area contributed by atoms with E-state index in [9.17, 15) is 4.79 Å². The van der Waals surface area contributed by atoms with E-state index in [1.165, 1.54) is 0 Å². The van der Waals surface area contributed by atoms with Gasteiger partial charge in [-0.25, -0.2) is 9.97 Å². The molecule has 3 heterocycles. The molecule has 0 unspecified atom stereocenters. The number of amides is 1. The van der Waals surface area contributed by atoms with Gasteiger partial charge in [-0.3, -0.25) is 19.7 Å². The van der Waals surface area contributed by atoms with Crippen LogP contribution in [0.4, 0.5) is 0 Å². The summed E-state index contributed by atoms with van der Waals surface area (Å²) in [7, 11) is 0. The fourth-order valence-corrected chi connectivity index (χ4v) is 3.54. The summed E-state index contributed by atoms with van der Waals surface area (Å²) in [5.74, 6) is 0.938. The fourth-order valence-electron chi connectivity index (χ4n) is 3.54. The van der Waals surface area contributed by atoms with Crippen molar-refractivity contribution in [3.63, 3.8) is 0 Å².